The number of aliphatic hydroxyl groups excluding tert-OH is 2. The quantitative estimate of drug-likeness (QED) is 0.269. The van der Waals surface area contributed by atoms with Crippen molar-refractivity contribution in [2.45, 2.75) is 30.3 Å². The number of aliphatic hydroxyl groups is 2. The van der Waals surface area contributed by atoms with Crippen LogP contribution in [-0.4, -0.2) is 46.5 Å². The summed E-state index contributed by atoms with van der Waals surface area (Å²) in [6, 6.07) is -1.61. The molecule has 0 bridgehead atoms. The Morgan fingerprint density at radius 3 is 2.50 bits per heavy atom. The van der Waals surface area contributed by atoms with Crippen LogP contribution in [0.1, 0.15) is 0 Å². The summed E-state index contributed by atoms with van der Waals surface area (Å²) >= 11 is 0. The highest BCUT2D eigenvalue weighted by atomic mass is 16.3. The maximum Gasteiger partial charge on any atom is 0.292 e. The minimum Gasteiger partial charge on any atom is -0.389 e. The van der Waals surface area contributed by atoms with Crippen LogP contribution in [0.5, 0.6) is 0 Å². The molecule has 7 nitrogen and oxygen atoms in total. The van der Waals surface area contributed by atoms with Gasteiger partial charge in [0.1, 0.15) is 0 Å². The molecule has 5 N–H and O–H groups in total. The molecule has 0 spiro atoms. The van der Waals surface area contributed by atoms with Crippen molar-refractivity contribution in [3.05, 3.63) is 4.91 Å². The number of rotatable bonds is 1. The van der Waals surface area contributed by atoms with Gasteiger partial charge in [-0.05, 0) is 0 Å². The van der Waals surface area contributed by atoms with Gasteiger partial charge in [0.15, 0.2) is 0 Å². The van der Waals surface area contributed by atoms with E-state index in [1.54, 1.807) is 0 Å². The molecule has 78 valence electrons. The maximum absolute atomic E-state index is 11.1. The Morgan fingerprint density at radius 2 is 1.93 bits per heavy atom. The van der Waals surface area contributed by atoms with Crippen molar-refractivity contribution in [3.8, 4) is 0 Å². The summed E-state index contributed by atoms with van der Waals surface area (Å²) in [5, 5.41) is 24.0. The van der Waals surface area contributed by atoms with Gasteiger partial charge in [-0.15, -0.1) is 4.91 Å². The second kappa shape index (κ2) is 3.06. The zero-order valence-electron chi connectivity index (χ0n) is 7.20. The molecular formula is C7H11N3O4. The fourth-order valence-electron chi connectivity index (χ4n) is 2.08. The van der Waals surface area contributed by atoms with E-state index in [1.165, 1.54) is 0 Å². The molecule has 2 aliphatic rings. The zero-order valence-corrected chi connectivity index (χ0v) is 7.20. The van der Waals surface area contributed by atoms with E-state index in [4.69, 9.17) is 5.73 Å². The number of carbonyl (C=O) groups is 1. The van der Waals surface area contributed by atoms with Gasteiger partial charge in [0.05, 0.1) is 24.2 Å². The van der Waals surface area contributed by atoms with Crippen LogP contribution in [0.15, 0.2) is 5.18 Å². The zero-order chi connectivity index (χ0) is 10.5. The number of carbonyl (C=O) groups excluding carboxylic acids is 1. The molecule has 7 heteroatoms. The van der Waals surface area contributed by atoms with Gasteiger partial charge < -0.3 is 21.3 Å². The van der Waals surface area contributed by atoms with E-state index in [-0.39, 0.29) is 12.1 Å². The lowest BCUT2D eigenvalue weighted by Crippen LogP contribution is -2.57. The standard InChI is InChI=1S/C7H11N3O4/c8-2-1(7(13)10-14)3-4(9-3)6(12)5(2)11/h1-6,9,11-12H,8H2. The van der Waals surface area contributed by atoms with Gasteiger partial charge in [0.25, 0.3) is 5.91 Å². The summed E-state index contributed by atoms with van der Waals surface area (Å²) in [7, 11) is 0. The fraction of sp³-hybridized carbons (Fsp3) is 0.857. The number of nitroso groups, excluding NO2 is 1. The van der Waals surface area contributed by atoms with Crippen LogP contribution in [0, 0.1) is 10.8 Å². The highest BCUT2D eigenvalue weighted by Gasteiger charge is 2.59. The summed E-state index contributed by atoms with van der Waals surface area (Å²) in [6.07, 6.45) is -2.17. The second-order valence-corrected chi connectivity index (χ2v) is 3.73. The van der Waals surface area contributed by atoms with E-state index in [1.807, 2.05) is 0 Å². The normalized spacial score (nSPS) is 50.8. The van der Waals surface area contributed by atoms with E-state index in [0.717, 1.165) is 0 Å². The summed E-state index contributed by atoms with van der Waals surface area (Å²) in [5.41, 5.74) is 5.54. The summed E-state index contributed by atoms with van der Waals surface area (Å²) < 4.78 is 0. The van der Waals surface area contributed by atoms with Crippen LogP contribution in [0.3, 0.4) is 0 Å². The summed E-state index contributed by atoms with van der Waals surface area (Å²) in [4.78, 5) is 21.1. The van der Waals surface area contributed by atoms with E-state index in [9.17, 15) is 19.9 Å². The molecule has 2 rings (SSSR count). The lowest BCUT2D eigenvalue weighted by molar-refractivity contribution is -0.125. The average Bonchev–Trinajstić information content (AvgIpc) is 2.94. The Hall–Kier alpha value is -0.890. The number of hydrogen-bond acceptors (Lipinski definition) is 6. The predicted molar refractivity (Wildman–Crippen MR) is 45.0 cm³/mol. The van der Waals surface area contributed by atoms with Gasteiger partial charge in [0, 0.05) is 17.3 Å². The first-order valence-corrected chi connectivity index (χ1v) is 4.33. The van der Waals surface area contributed by atoms with Gasteiger partial charge >= 0.3 is 0 Å². The lowest BCUT2D eigenvalue weighted by Gasteiger charge is -2.31. The summed E-state index contributed by atoms with van der Waals surface area (Å²) in [6.45, 7) is 0. The van der Waals surface area contributed by atoms with Crippen LogP contribution in [0.25, 0.3) is 0 Å². The first-order valence-electron chi connectivity index (χ1n) is 4.33. The van der Waals surface area contributed by atoms with Crippen LogP contribution >= 0.6 is 0 Å². The number of nitrogens with two attached hydrogens (primary N) is 1. The topological polar surface area (TPSA) is 135 Å². The molecule has 6 unspecified atom stereocenters. The van der Waals surface area contributed by atoms with E-state index in [0.29, 0.717) is 0 Å². The molecule has 1 aliphatic carbocycles. The van der Waals surface area contributed by atoms with Crippen molar-refractivity contribution in [1.29, 1.82) is 0 Å². The molecule has 1 saturated heterocycles. The largest absolute Gasteiger partial charge is 0.389 e. The van der Waals surface area contributed by atoms with Gasteiger partial charge in [-0.25, -0.2) is 0 Å². The fourth-order valence-corrected chi connectivity index (χ4v) is 2.08. The molecule has 0 aromatic carbocycles. The number of nitrogens with zero attached hydrogens (tertiary/aromatic N) is 1. The minimum atomic E-state index is -1.19. The SMILES string of the molecule is NC1C(O)C(O)C2NC2C1C(=O)N=O. The van der Waals surface area contributed by atoms with Gasteiger partial charge in [-0.1, -0.05) is 0 Å². The third-order valence-corrected chi connectivity index (χ3v) is 2.95. The first kappa shape index (κ1) is 9.66. The minimum absolute atomic E-state index is 0.325. The van der Waals surface area contributed by atoms with Crippen molar-refractivity contribution in [2.75, 3.05) is 0 Å². The summed E-state index contributed by atoms with van der Waals surface area (Å²) in [5.74, 6) is -1.70. The van der Waals surface area contributed by atoms with Crippen molar-refractivity contribution >= 4 is 5.91 Å². The second-order valence-electron chi connectivity index (χ2n) is 3.73. The van der Waals surface area contributed by atoms with E-state index < -0.39 is 30.1 Å². The van der Waals surface area contributed by atoms with Gasteiger partial charge in [-0.2, -0.15) is 0 Å². The molecule has 0 aromatic heterocycles. The first-order chi connectivity index (χ1) is 6.57. The number of amides is 1. The third-order valence-electron chi connectivity index (χ3n) is 2.95. The molecule has 1 aliphatic heterocycles. The van der Waals surface area contributed by atoms with Crippen LogP contribution < -0.4 is 11.1 Å². The molecule has 14 heavy (non-hydrogen) atoms. The monoisotopic (exact) mass is 201 g/mol. The molecule has 0 radical (unpaired) electrons. The molecule has 0 aromatic rings. The molecule has 1 saturated carbocycles. The Labute approximate surface area is 79.3 Å². The number of hydrogen-bond donors (Lipinski definition) is 4. The van der Waals surface area contributed by atoms with Crippen LogP contribution in [0.4, 0.5) is 0 Å². The van der Waals surface area contributed by atoms with Crippen molar-refractivity contribution in [1.82, 2.24) is 5.32 Å². The Balaban J connectivity index is 2.19. The average molecular weight is 201 g/mol. The molecule has 2 fully saturated rings. The van der Waals surface area contributed by atoms with Crippen molar-refractivity contribution in [2.24, 2.45) is 16.8 Å². The lowest BCUT2D eigenvalue weighted by atomic mass is 9.81. The van der Waals surface area contributed by atoms with E-state index in [2.05, 4.69) is 10.5 Å². The van der Waals surface area contributed by atoms with Crippen LogP contribution in [0.2, 0.25) is 0 Å². The van der Waals surface area contributed by atoms with Crippen molar-refractivity contribution in [3.63, 3.8) is 0 Å². The smallest absolute Gasteiger partial charge is 0.292 e. The Morgan fingerprint density at radius 1 is 1.29 bits per heavy atom. The number of fused-ring (bicyclic) bond motifs is 1. The van der Waals surface area contributed by atoms with Gasteiger partial charge in [0.2, 0.25) is 0 Å². The highest BCUT2D eigenvalue weighted by molar-refractivity contribution is 5.82. The molecule has 6 atom stereocenters. The Kier molecular flexibility index (Phi) is 2.11. The van der Waals surface area contributed by atoms with Crippen molar-refractivity contribution < 1.29 is 15.0 Å². The van der Waals surface area contributed by atoms with Gasteiger partial charge in [-0.3, -0.25) is 4.79 Å². The predicted octanol–water partition coefficient (Wildman–Crippen LogP) is -2.70. The maximum atomic E-state index is 11.1. The third kappa shape index (κ3) is 1.17. The molecular weight excluding hydrogens is 190 g/mol. The molecule has 1 heterocycles. The highest BCUT2D eigenvalue weighted by Crippen LogP contribution is 2.34. The number of nitrogens with one attached hydrogen (secondary N) is 1. The molecule has 1 amide bonds. The van der Waals surface area contributed by atoms with E-state index >= 15 is 0 Å². The Bertz CT molecular complexity index is 284. The van der Waals surface area contributed by atoms with Crippen LogP contribution in [-0.2, 0) is 4.79 Å².